The minimum Gasteiger partial charge on any atom is -0.393 e. The lowest BCUT2D eigenvalue weighted by Crippen LogP contribution is -2.39. The number of nitrogens with zero attached hydrogens (tertiary/aromatic N) is 1. The summed E-state index contributed by atoms with van der Waals surface area (Å²) < 4.78 is 0. The number of rotatable bonds is 5. The summed E-state index contributed by atoms with van der Waals surface area (Å²) in [6, 6.07) is 9.52. The molecule has 3 rings (SSSR count). The van der Waals surface area contributed by atoms with E-state index in [-0.39, 0.29) is 18.4 Å². The van der Waals surface area contributed by atoms with Gasteiger partial charge in [-0.1, -0.05) is 17.7 Å². The number of hydrogen-bond acceptors (Lipinski definition) is 4. The third kappa shape index (κ3) is 4.32. The predicted octanol–water partition coefficient (Wildman–Crippen LogP) is 3.96. The topological polar surface area (TPSA) is 82.5 Å². The Labute approximate surface area is 166 Å². The molecule has 0 aliphatic heterocycles. The number of carbonyl (C=O) groups excluding carboxylic acids is 1. The molecule has 2 aromatic rings. The van der Waals surface area contributed by atoms with Crippen LogP contribution in [0.4, 0.5) is 5.69 Å². The first-order valence-corrected chi connectivity index (χ1v) is 9.66. The molecule has 1 amide bonds. The van der Waals surface area contributed by atoms with Gasteiger partial charge in [0.05, 0.1) is 12.2 Å². The van der Waals surface area contributed by atoms with Crippen molar-refractivity contribution in [1.29, 1.82) is 0 Å². The lowest BCUT2D eigenvalue weighted by molar-refractivity contribution is -0.0487. The van der Waals surface area contributed by atoms with E-state index in [2.05, 4.69) is 17.2 Å². The molecule has 1 aliphatic rings. The van der Waals surface area contributed by atoms with Crippen LogP contribution in [-0.4, -0.2) is 33.3 Å². The number of allylic oxidation sites excluding steroid dienone is 2. The molecule has 1 unspecified atom stereocenters. The summed E-state index contributed by atoms with van der Waals surface area (Å²) in [6.45, 7) is 5.46. The second-order valence-corrected chi connectivity index (χ2v) is 7.94. The number of benzene rings is 1. The quantitative estimate of drug-likeness (QED) is 0.733. The van der Waals surface area contributed by atoms with Gasteiger partial charge in [-0.25, -0.2) is 0 Å². The summed E-state index contributed by atoms with van der Waals surface area (Å²) in [4.78, 5) is 16.5. The fourth-order valence-electron chi connectivity index (χ4n) is 3.77. The van der Waals surface area contributed by atoms with Crippen molar-refractivity contribution < 1.29 is 15.0 Å². The lowest BCUT2D eigenvalue weighted by atomic mass is 9.74. The third-order valence-electron chi connectivity index (χ3n) is 5.79. The van der Waals surface area contributed by atoms with Crippen LogP contribution in [-0.2, 0) is 0 Å². The Morgan fingerprint density at radius 3 is 2.61 bits per heavy atom. The summed E-state index contributed by atoms with van der Waals surface area (Å²) in [5.74, 6) is -0.120. The zero-order valence-electron chi connectivity index (χ0n) is 16.7. The Morgan fingerprint density at radius 1 is 1.25 bits per heavy atom. The molecule has 0 bridgehead atoms. The number of hydrogen-bond donors (Lipinski definition) is 3. The molecule has 1 heterocycles. The maximum absolute atomic E-state index is 12.5. The highest BCUT2D eigenvalue weighted by molar-refractivity contribution is 6.05. The molecule has 5 nitrogen and oxygen atoms in total. The molecular weight excluding hydrogens is 352 g/mol. The van der Waals surface area contributed by atoms with Gasteiger partial charge >= 0.3 is 0 Å². The monoisotopic (exact) mass is 380 g/mol. The number of amides is 1. The highest BCUT2D eigenvalue weighted by Crippen LogP contribution is 2.40. The standard InChI is InChI=1S/C23H28N2O3/c1-15-4-7-18(23(3,28)14-26)12-21(15)17-5-8-19(9-6-17)25-22(27)20-10-11-24-13-16(20)2/h5-6,8-11,13,18,26,28H,4,7,12,14H2,1-3H3,(H,25,27)/t18-,23?/m1/s1. The first-order valence-electron chi connectivity index (χ1n) is 9.66. The molecule has 0 spiro atoms. The van der Waals surface area contributed by atoms with Crippen LogP contribution in [0.5, 0.6) is 0 Å². The molecule has 0 saturated heterocycles. The molecule has 0 fully saturated rings. The minimum atomic E-state index is -1.07. The van der Waals surface area contributed by atoms with Gasteiger partial charge < -0.3 is 15.5 Å². The zero-order valence-corrected chi connectivity index (χ0v) is 16.7. The molecule has 148 valence electrons. The van der Waals surface area contributed by atoms with Gasteiger partial charge in [-0.15, -0.1) is 0 Å². The van der Waals surface area contributed by atoms with Crippen LogP contribution in [0.2, 0.25) is 0 Å². The molecule has 3 N–H and O–H groups in total. The van der Waals surface area contributed by atoms with Gasteiger partial charge in [0.25, 0.3) is 5.91 Å². The van der Waals surface area contributed by atoms with Crippen LogP contribution in [0, 0.1) is 12.8 Å². The van der Waals surface area contributed by atoms with Gasteiger partial charge in [0, 0.05) is 23.6 Å². The molecule has 1 aromatic carbocycles. The maximum Gasteiger partial charge on any atom is 0.256 e. The number of pyridine rings is 1. The van der Waals surface area contributed by atoms with Gasteiger partial charge in [-0.3, -0.25) is 9.78 Å². The first kappa shape index (κ1) is 20.2. The van der Waals surface area contributed by atoms with E-state index < -0.39 is 5.60 Å². The third-order valence-corrected chi connectivity index (χ3v) is 5.79. The van der Waals surface area contributed by atoms with Gasteiger partial charge in [0.15, 0.2) is 0 Å². The summed E-state index contributed by atoms with van der Waals surface area (Å²) in [6.07, 6.45) is 5.81. The number of carbonyl (C=O) groups is 1. The Bertz CT molecular complexity index is 885. The van der Waals surface area contributed by atoms with Crippen LogP contribution in [0.1, 0.15) is 54.6 Å². The second-order valence-electron chi connectivity index (χ2n) is 7.94. The Morgan fingerprint density at radius 2 is 1.96 bits per heavy atom. The SMILES string of the molecule is CC1=C(c2ccc(NC(=O)c3ccncc3C)cc2)C[C@H](C(C)(O)CO)CC1. The number of aliphatic hydroxyl groups excluding tert-OH is 1. The molecule has 0 radical (unpaired) electrons. The number of nitrogens with one attached hydrogen (secondary N) is 1. The summed E-state index contributed by atoms with van der Waals surface area (Å²) >= 11 is 0. The van der Waals surface area contributed by atoms with Crippen molar-refractivity contribution in [3.63, 3.8) is 0 Å². The van der Waals surface area contributed by atoms with Crippen LogP contribution in [0.3, 0.4) is 0 Å². The molecular formula is C23H28N2O3. The number of aryl methyl sites for hydroxylation is 1. The van der Waals surface area contributed by atoms with Crippen molar-refractivity contribution in [2.45, 2.75) is 45.6 Å². The highest BCUT2D eigenvalue weighted by Gasteiger charge is 2.34. The summed E-state index contributed by atoms with van der Waals surface area (Å²) in [5, 5.41) is 22.9. The second kappa shape index (κ2) is 8.25. The van der Waals surface area contributed by atoms with Crippen molar-refractivity contribution >= 4 is 17.2 Å². The van der Waals surface area contributed by atoms with Crippen LogP contribution in [0.25, 0.3) is 5.57 Å². The van der Waals surface area contributed by atoms with E-state index in [0.29, 0.717) is 5.56 Å². The van der Waals surface area contributed by atoms with E-state index in [0.717, 1.165) is 36.1 Å². The van der Waals surface area contributed by atoms with Crippen LogP contribution in [0.15, 0.2) is 48.3 Å². The summed E-state index contributed by atoms with van der Waals surface area (Å²) in [5.41, 5.74) is 4.73. The van der Waals surface area contributed by atoms with E-state index in [1.165, 1.54) is 11.1 Å². The first-order chi connectivity index (χ1) is 13.3. The van der Waals surface area contributed by atoms with Crippen LogP contribution >= 0.6 is 0 Å². The van der Waals surface area contributed by atoms with E-state index >= 15 is 0 Å². The van der Waals surface area contributed by atoms with Crippen molar-refractivity contribution in [2.24, 2.45) is 5.92 Å². The maximum atomic E-state index is 12.5. The van der Waals surface area contributed by atoms with Gasteiger partial charge in [-0.05, 0) is 80.9 Å². The Hall–Kier alpha value is -2.50. The van der Waals surface area contributed by atoms with Crippen molar-refractivity contribution in [1.82, 2.24) is 4.98 Å². The minimum absolute atomic E-state index is 0.0326. The zero-order chi connectivity index (χ0) is 20.3. The molecule has 28 heavy (non-hydrogen) atoms. The fraction of sp³-hybridized carbons (Fsp3) is 0.391. The molecule has 1 aliphatic carbocycles. The Balaban J connectivity index is 1.75. The van der Waals surface area contributed by atoms with Crippen LogP contribution < -0.4 is 5.32 Å². The van der Waals surface area contributed by atoms with Gasteiger partial charge in [0.1, 0.15) is 0 Å². The largest absolute Gasteiger partial charge is 0.393 e. The van der Waals surface area contributed by atoms with E-state index in [9.17, 15) is 15.0 Å². The molecule has 5 heteroatoms. The summed E-state index contributed by atoms with van der Waals surface area (Å²) in [7, 11) is 0. The van der Waals surface area contributed by atoms with E-state index in [1.54, 1.807) is 25.4 Å². The van der Waals surface area contributed by atoms with E-state index in [4.69, 9.17) is 0 Å². The fourth-order valence-corrected chi connectivity index (χ4v) is 3.77. The van der Waals surface area contributed by atoms with Crippen molar-refractivity contribution in [3.8, 4) is 0 Å². The lowest BCUT2D eigenvalue weighted by Gasteiger charge is -2.36. The van der Waals surface area contributed by atoms with E-state index in [1.807, 2.05) is 31.2 Å². The van der Waals surface area contributed by atoms with Gasteiger partial charge in [-0.2, -0.15) is 0 Å². The highest BCUT2D eigenvalue weighted by atomic mass is 16.3. The number of aromatic nitrogens is 1. The smallest absolute Gasteiger partial charge is 0.256 e. The number of anilines is 1. The Kier molecular flexibility index (Phi) is 5.96. The average molecular weight is 380 g/mol. The molecule has 0 saturated carbocycles. The molecule has 1 aromatic heterocycles. The predicted molar refractivity (Wildman–Crippen MR) is 111 cm³/mol. The number of aliphatic hydroxyl groups is 2. The van der Waals surface area contributed by atoms with Gasteiger partial charge in [0.2, 0.25) is 0 Å². The average Bonchev–Trinajstić information content (AvgIpc) is 2.69. The normalized spacial score (nSPS) is 19.2. The van der Waals surface area contributed by atoms with Crippen molar-refractivity contribution in [3.05, 3.63) is 65.0 Å². The molecule has 2 atom stereocenters. The van der Waals surface area contributed by atoms with Crippen molar-refractivity contribution in [2.75, 3.05) is 11.9 Å².